The standard InChI is InChI=1S/C18H9BrClN3/c19-15-4-2-1-3-14(15)16-17(9-21,10-22)18(16,11-23)12-5-7-13(20)8-6-12/h1-8,16H/t16-,18-/m1/s1. The van der Waals surface area contributed by atoms with Gasteiger partial charge in [0.2, 0.25) is 0 Å². The maximum absolute atomic E-state index is 9.90. The summed E-state index contributed by atoms with van der Waals surface area (Å²) in [6.45, 7) is 0. The predicted octanol–water partition coefficient (Wildman–Crippen LogP) is 4.69. The Morgan fingerprint density at radius 1 is 0.913 bits per heavy atom. The van der Waals surface area contributed by atoms with E-state index in [0.29, 0.717) is 10.6 Å². The maximum atomic E-state index is 9.90. The van der Waals surface area contributed by atoms with Crippen molar-refractivity contribution in [3.63, 3.8) is 0 Å². The molecular weight excluding hydrogens is 374 g/mol. The molecule has 0 aromatic heterocycles. The zero-order valence-electron chi connectivity index (χ0n) is 11.8. The molecule has 1 aliphatic carbocycles. The van der Waals surface area contributed by atoms with E-state index >= 15 is 0 Å². The topological polar surface area (TPSA) is 71.4 Å². The molecule has 2 atom stereocenters. The second kappa shape index (κ2) is 5.39. The molecule has 0 radical (unpaired) electrons. The fraction of sp³-hybridized carbons (Fsp3) is 0.167. The summed E-state index contributed by atoms with van der Waals surface area (Å²) >= 11 is 9.38. The van der Waals surface area contributed by atoms with Crippen molar-refractivity contribution < 1.29 is 0 Å². The van der Waals surface area contributed by atoms with Crippen LogP contribution < -0.4 is 0 Å². The van der Waals surface area contributed by atoms with E-state index < -0.39 is 16.7 Å². The van der Waals surface area contributed by atoms with Crippen LogP contribution in [-0.4, -0.2) is 0 Å². The van der Waals surface area contributed by atoms with E-state index in [9.17, 15) is 15.8 Å². The Kier molecular flexibility index (Phi) is 3.65. The summed E-state index contributed by atoms with van der Waals surface area (Å²) in [4.78, 5) is 0. The van der Waals surface area contributed by atoms with E-state index in [4.69, 9.17) is 11.6 Å². The second-order valence-electron chi connectivity index (χ2n) is 5.41. The molecule has 110 valence electrons. The van der Waals surface area contributed by atoms with Crippen LogP contribution in [-0.2, 0) is 5.41 Å². The molecule has 1 aliphatic rings. The van der Waals surface area contributed by atoms with Crippen molar-refractivity contribution in [3.8, 4) is 18.2 Å². The molecule has 3 rings (SSSR count). The summed E-state index contributed by atoms with van der Waals surface area (Å²) in [5, 5.41) is 29.8. The van der Waals surface area contributed by atoms with Crippen molar-refractivity contribution >= 4 is 27.5 Å². The zero-order chi connectivity index (χ0) is 16.7. The van der Waals surface area contributed by atoms with Crippen LogP contribution in [0.2, 0.25) is 5.02 Å². The predicted molar refractivity (Wildman–Crippen MR) is 89.3 cm³/mol. The number of nitrogens with zero attached hydrogens (tertiary/aromatic N) is 3. The van der Waals surface area contributed by atoms with Gasteiger partial charge in [-0.1, -0.05) is 57.9 Å². The van der Waals surface area contributed by atoms with Crippen molar-refractivity contribution in [2.75, 3.05) is 0 Å². The molecule has 0 spiro atoms. The molecular formula is C18H9BrClN3. The van der Waals surface area contributed by atoms with Crippen LogP contribution in [0.1, 0.15) is 17.0 Å². The Morgan fingerprint density at radius 3 is 2.04 bits per heavy atom. The number of hydrogen-bond acceptors (Lipinski definition) is 3. The fourth-order valence-corrected chi connectivity index (χ4v) is 3.94. The highest BCUT2D eigenvalue weighted by molar-refractivity contribution is 9.10. The van der Waals surface area contributed by atoms with Crippen LogP contribution in [0, 0.1) is 39.4 Å². The second-order valence-corrected chi connectivity index (χ2v) is 6.70. The van der Waals surface area contributed by atoms with Gasteiger partial charge in [-0.2, -0.15) is 15.8 Å². The molecule has 2 aromatic carbocycles. The van der Waals surface area contributed by atoms with Gasteiger partial charge in [0.05, 0.1) is 18.2 Å². The van der Waals surface area contributed by atoms with Gasteiger partial charge < -0.3 is 0 Å². The maximum Gasteiger partial charge on any atom is 0.175 e. The lowest BCUT2D eigenvalue weighted by Gasteiger charge is -2.10. The summed E-state index contributed by atoms with van der Waals surface area (Å²) < 4.78 is 0.783. The van der Waals surface area contributed by atoms with E-state index in [1.807, 2.05) is 24.3 Å². The first-order valence-electron chi connectivity index (χ1n) is 6.81. The first-order chi connectivity index (χ1) is 11.1. The van der Waals surface area contributed by atoms with Gasteiger partial charge in [-0.3, -0.25) is 0 Å². The zero-order valence-corrected chi connectivity index (χ0v) is 14.1. The number of nitriles is 3. The van der Waals surface area contributed by atoms with Crippen LogP contribution >= 0.6 is 27.5 Å². The molecule has 0 bridgehead atoms. The minimum Gasteiger partial charge on any atom is -0.197 e. The van der Waals surface area contributed by atoms with Crippen molar-refractivity contribution in [2.45, 2.75) is 11.3 Å². The van der Waals surface area contributed by atoms with Gasteiger partial charge in [0.1, 0.15) is 5.41 Å². The Balaban J connectivity index is 2.26. The van der Waals surface area contributed by atoms with Crippen LogP contribution in [0.5, 0.6) is 0 Å². The first-order valence-corrected chi connectivity index (χ1v) is 7.98. The summed E-state index contributed by atoms with van der Waals surface area (Å²) in [5.74, 6) is -0.522. The Bertz CT molecular complexity index is 888. The summed E-state index contributed by atoms with van der Waals surface area (Å²) in [5.41, 5.74) is -1.20. The Labute approximate surface area is 147 Å². The van der Waals surface area contributed by atoms with E-state index in [2.05, 4.69) is 34.1 Å². The monoisotopic (exact) mass is 381 g/mol. The fourth-order valence-electron chi connectivity index (χ4n) is 3.31. The summed E-state index contributed by atoms with van der Waals surface area (Å²) in [6, 6.07) is 20.6. The Morgan fingerprint density at radius 2 is 1.52 bits per heavy atom. The first kappa shape index (κ1) is 15.6. The molecule has 3 nitrogen and oxygen atoms in total. The van der Waals surface area contributed by atoms with Gasteiger partial charge in [-0.25, -0.2) is 0 Å². The third-order valence-electron chi connectivity index (χ3n) is 4.45. The van der Waals surface area contributed by atoms with Crippen LogP contribution in [0.25, 0.3) is 0 Å². The molecule has 1 saturated carbocycles. The number of halogens is 2. The minimum atomic E-state index is -1.42. The normalized spacial score (nSPS) is 24.0. The molecule has 1 fully saturated rings. The highest BCUT2D eigenvalue weighted by Gasteiger charge is 2.81. The SMILES string of the molecule is N#CC1(C#N)[C@@H](c2ccccc2Br)[C@@]1(C#N)c1ccc(Cl)cc1. The van der Waals surface area contributed by atoms with E-state index in [1.165, 1.54) is 0 Å². The molecule has 0 heterocycles. The van der Waals surface area contributed by atoms with Crippen molar-refractivity contribution in [1.82, 2.24) is 0 Å². The summed E-state index contributed by atoms with van der Waals surface area (Å²) in [7, 11) is 0. The average Bonchev–Trinajstić information content (AvgIpc) is 3.19. The van der Waals surface area contributed by atoms with E-state index in [-0.39, 0.29) is 0 Å². The molecule has 0 N–H and O–H groups in total. The summed E-state index contributed by atoms with van der Waals surface area (Å²) in [6.07, 6.45) is 0. The third-order valence-corrected chi connectivity index (χ3v) is 5.42. The number of benzene rings is 2. The average molecular weight is 383 g/mol. The third kappa shape index (κ3) is 1.91. The molecule has 0 amide bonds. The van der Waals surface area contributed by atoms with Crippen molar-refractivity contribution in [3.05, 3.63) is 69.2 Å². The molecule has 23 heavy (non-hydrogen) atoms. The molecule has 0 saturated heterocycles. The lowest BCUT2D eigenvalue weighted by atomic mass is 9.88. The minimum absolute atomic E-state index is 0.522. The van der Waals surface area contributed by atoms with Gasteiger partial charge in [0, 0.05) is 15.4 Å². The number of rotatable bonds is 2. The molecule has 0 unspecified atom stereocenters. The van der Waals surface area contributed by atoms with Crippen molar-refractivity contribution in [2.24, 2.45) is 5.41 Å². The highest BCUT2D eigenvalue weighted by atomic mass is 79.9. The van der Waals surface area contributed by atoms with E-state index in [0.717, 1.165) is 10.0 Å². The van der Waals surface area contributed by atoms with Crippen LogP contribution in [0.15, 0.2) is 53.0 Å². The van der Waals surface area contributed by atoms with Crippen LogP contribution in [0.3, 0.4) is 0 Å². The number of hydrogen-bond donors (Lipinski definition) is 0. The quantitative estimate of drug-likeness (QED) is 0.756. The van der Waals surface area contributed by atoms with Crippen molar-refractivity contribution in [1.29, 1.82) is 15.8 Å². The van der Waals surface area contributed by atoms with Crippen LogP contribution in [0.4, 0.5) is 0 Å². The highest BCUT2D eigenvalue weighted by Crippen LogP contribution is 2.74. The lowest BCUT2D eigenvalue weighted by molar-refractivity contribution is 0.742. The van der Waals surface area contributed by atoms with Gasteiger partial charge in [-0.05, 0) is 29.3 Å². The van der Waals surface area contributed by atoms with Gasteiger partial charge >= 0.3 is 0 Å². The van der Waals surface area contributed by atoms with E-state index in [1.54, 1.807) is 24.3 Å². The smallest absolute Gasteiger partial charge is 0.175 e. The Hall–Kier alpha value is -2.32. The molecule has 0 aliphatic heterocycles. The molecule has 5 heteroatoms. The largest absolute Gasteiger partial charge is 0.197 e. The lowest BCUT2D eigenvalue weighted by Crippen LogP contribution is -2.14. The molecule has 2 aromatic rings. The van der Waals surface area contributed by atoms with Gasteiger partial charge in [0.25, 0.3) is 0 Å². The van der Waals surface area contributed by atoms with Gasteiger partial charge in [-0.15, -0.1) is 0 Å². The van der Waals surface area contributed by atoms with Gasteiger partial charge in [0.15, 0.2) is 5.41 Å².